The number of amides is 1. The number of nitrogens with one attached hydrogen (secondary N) is 1. The van der Waals surface area contributed by atoms with Gasteiger partial charge in [0.2, 0.25) is 5.88 Å². The third-order valence-electron chi connectivity index (χ3n) is 4.37. The molecule has 0 spiro atoms. The van der Waals surface area contributed by atoms with Gasteiger partial charge in [-0.2, -0.15) is 5.10 Å². The smallest absolute Gasteiger partial charge is 0.316 e. The van der Waals surface area contributed by atoms with Gasteiger partial charge in [0.1, 0.15) is 0 Å². The highest BCUT2D eigenvalue weighted by Crippen LogP contribution is 2.38. The molecule has 0 saturated carbocycles. The highest BCUT2D eigenvalue weighted by atomic mass is 16.3. The maximum atomic E-state index is 12.5. The minimum atomic E-state index is -0.713. The maximum absolute atomic E-state index is 12.5. The number of fused-ring (bicyclic) bond motifs is 2. The van der Waals surface area contributed by atoms with Gasteiger partial charge >= 0.3 is 5.91 Å². The number of aromatic amines is 1. The summed E-state index contributed by atoms with van der Waals surface area (Å²) in [5, 5.41) is 25.7. The molecule has 8 heteroatoms. The van der Waals surface area contributed by atoms with Crippen LogP contribution in [0.5, 0.6) is 5.88 Å². The Hall–Kier alpha value is -3.81. The Morgan fingerprint density at radius 1 is 1.11 bits per heavy atom. The number of aryl methyl sites for hydroxylation is 1. The number of aromatic hydroxyl groups is 1. The fourth-order valence-corrected chi connectivity index (χ4v) is 3.11. The first-order chi connectivity index (χ1) is 13.1. The lowest BCUT2D eigenvalue weighted by Crippen LogP contribution is -2.13. The van der Waals surface area contributed by atoms with E-state index in [0.717, 1.165) is 5.52 Å². The van der Waals surface area contributed by atoms with Gasteiger partial charge in [-0.1, -0.05) is 36.4 Å². The minimum Gasteiger partial charge on any atom is -0.493 e. The Balaban J connectivity index is 1.80. The molecular weight excluding hydrogens is 346 g/mol. The fraction of sp³-hybridized carbons (Fsp3) is 0.105. The van der Waals surface area contributed by atoms with Crippen molar-refractivity contribution >= 4 is 33.3 Å². The second kappa shape index (κ2) is 6.49. The SMILES string of the molecule is CCn1c(O)c(N=NC(=O)c2n[nH]c(=O)c3ccccc23)c2ccccc21. The van der Waals surface area contributed by atoms with Crippen molar-refractivity contribution in [2.24, 2.45) is 10.2 Å². The van der Waals surface area contributed by atoms with Crippen molar-refractivity contribution in [3.63, 3.8) is 0 Å². The first-order valence-electron chi connectivity index (χ1n) is 8.35. The van der Waals surface area contributed by atoms with Crippen LogP contribution in [0, 0.1) is 0 Å². The van der Waals surface area contributed by atoms with Crippen molar-refractivity contribution in [2.45, 2.75) is 13.5 Å². The molecule has 0 bridgehead atoms. The highest BCUT2D eigenvalue weighted by Gasteiger charge is 2.17. The van der Waals surface area contributed by atoms with Crippen LogP contribution >= 0.6 is 0 Å². The Bertz CT molecular complexity index is 1270. The normalized spacial score (nSPS) is 11.6. The molecule has 4 aromatic rings. The van der Waals surface area contributed by atoms with Gasteiger partial charge in [-0.25, -0.2) is 5.10 Å². The number of H-pyrrole nitrogens is 1. The lowest BCUT2D eigenvalue weighted by atomic mass is 10.1. The summed E-state index contributed by atoms with van der Waals surface area (Å²) in [6, 6.07) is 14.0. The Kier molecular flexibility index (Phi) is 4.00. The molecule has 8 nitrogen and oxygen atoms in total. The zero-order valence-electron chi connectivity index (χ0n) is 14.4. The van der Waals surface area contributed by atoms with Crippen molar-refractivity contribution in [3.05, 3.63) is 64.6 Å². The molecule has 2 N–H and O–H groups in total. The third-order valence-corrected chi connectivity index (χ3v) is 4.37. The molecule has 0 aliphatic carbocycles. The number of hydrogen-bond donors (Lipinski definition) is 2. The lowest BCUT2D eigenvalue weighted by Gasteiger charge is -2.01. The number of carbonyl (C=O) groups is 1. The minimum absolute atomic E-state index is 0.00679. The molecule has 0 atom stereocenters. The standard InChI is InChI=1S/C19H15N5O3/c1-2-24-14-10-6-5-9-13(14)16(19(24)27)21-23-18(26)15-11-7-3-4-8-12(11)17(25)22-20-15/h3-10,27H,2H2,1H3,(H,22,25). The van der Waals surface area contributed by atoms with Gasteiger partial charge in [0, 0.05) is 17.3 Å². The largest absolute Gasteiger partial charge is 0.493 e. The Morgan fingerprint density at radius 3 is 2.52 bits per heavy atom. The van der Waals surface area contributed by atoms with Crippen LogP contribution in [0.2, 0.25) is 0 Å². The molecule has 0 radical (unpaired) electrons. The predicted octanol–water partition coefficient (Wildman–Crippen LogP) is 3.53. The zero-order valence-corrected chi connectivity index (χ0v) is 14.4. The van der Waals surface area contributed by atoms with E-state index in [1.807, 2.05) is 25.1 Å². The number of aromatic nitrogens is 3. The topological polar surface area (TPSA) is 113 Å². The quantitative estimate of drug-likeness (QED) is 0.543. The van der Waals surface area contributed by atoms with E-state index in [9.17, 15) is 14.7 Å². The van der Waals surface area contributed by atoms with E-state index < -0.39 is 5.91 Å². The molecule has 4 rings (SSSR count). The Morgan fingerprint density at radius 2 is 1.78 bits per heavy atom. The van der Waals surface area contributed by atoms with Crippen molar-refractivity contribution in [1.29, 1.82) is 0 Å². The number of carbonyl (C=O) groups excluding carboxylic acids is 1. The van der Waals surface area contributed by atoms with Crippen molar-refractivity contribution in [1.82, 2.24) is 14.8 Å². The van der Waals surface area contributed by atoms with E-state index in [1.54, 1.807) is 34.9 Å². The van der Waals surface area contributed by atoms with E-state index in [4.69, 9.17) is 0 Å². The first kappa shape index (κ1) is 16.6. The zero-order chi connectivity index (χ0) is 19.0. The predicted molar refractivity (Wildman–Crippen MR) is 100 cm³/mol. The Labute approximate surface area is 152 Å². The molecule has 0 aliphatic heterocycles. The van der Waals surface area contributed by atoms with Crippen LogP contribution in [0.25, 0.3) is 21.7 Å². The number of hydrogen-bond acceptors (Lipinski definition) is 5. The van der Waals surface area contributed by atoms with Crippen molar-refractivity contribution in [2.75, 3.05) is 0 Å². The molecule has 27 heavy (non-hydrogen) atoms. The van der Waals surface area contributed by atoms with E-state index in [1.165, 1.54) is 0 Å². The average molecular weight is 361 g/mol. The van der Waals surface area contributed by atoms with Crippen LogP contribution in [0.15, 0.2) is 63.6 Å². The summed E-state index contributed by atoms with van der Waals surface area (Å²) in [6.07, 6.45) is 0. The first-order valence-corrected chi connectivity index (χ1v) is 8.35. The van der Waals surface area contributed by atoms with Gasteiger partial charge in [-0.05, 0) is 19.1 Å². The van der Waals surface area contributed by atoms with Crippen LogP contribution in [-0.4, -0.2) is 25.8 Å². The number of rotatable bonds is 3. The van der Waals surface area contributed by atoms with E-state index in [0.29, 0.717) is 22.7 Å². The summed E-state index contributed by atoms with van der Waals surface area (Å²) < 4.78 is 1.68. The molecule has 0 aliphatic rings. The summed E-state index contributed by atoms with van der Waals surface area (Å²) >= 11 is 0. The van der Waals surface area contributed by atoms with Gasteiger partial charge in [0.15, 0.2) is 11.4 Å². The van der Waals surface area contributed by atoms with Crippen molar-refractivity contribution < 1.29 is 9.90 Å². The summed E-state index contributed by atoms with van der Waals surface area (Å²) in [7, 11) is 0. The molecule has 0 unspecified atom stereocenters. The second-order valence-corrected chi connectivity index (χ2v) is 5.89. The van der Waals surface area contributed by atoms with Gasteiger partial charge in [0.25, 0.3) is 5.56 Å². The van der Waals surface area contributed by atoms with Crippen LogP contribution in [0.1, 0.15) is 17.4 Å². The molecule has 2 aromatic heterocycles. The molecule has 1 amide bonds. The molecule has 0 fully saturated rings. The third kappa shape index (κ3) is 2.67. The highest BCUT2D eigenvalue weighted by molar-refractivity contribution is 6.05. The van der Waals surface area contributed by atoms with Crippen molar-refractivity contribution in [3.8, 4) is 5.88 Å². The second-order valence-electron chi connectivity index (χ2n) is 5.89. The number of azo groups is 1. The molecular formula is C19H15N5O3. The molecule has 2 heterocycles. The van der Waals surface area contributed by atoms with E-state index in [-0.39, 0.29) is 22.8 Å². The van der Waals surface area contributed by atoms with Crippen LogP contribution < -0.4 is 5.56 Å². The monoisotopic (exact) mass is 361 g/mol. The molecule has 0 saturated heterocycles. The lowest BCUT2D eigenvalue weighted by molar-refractivity contribution is 0.0991. The van der Waals surface area contributed by atoms with E-state index >= 15 is 0 Å². The van der Waals surface area contributed by atoms with Gasteiger partial charge in [-0.3, -0.25) is 9.59 Å². The van der Waals surface area contributed by atoms with Gasteiger partial charge in [0.05, 0.1) is 10.9 Å². The van der Waals surface area contributed by atoms with Gasteiger partial charge < -0.3 is 9.67 Å². The van der Waals surface area contributed by atoms with Crippen LogP contribution in [-0.2, 0) is 6.54 Å². The van der Waals surface area contributed by atoms with Gasteiger partial charge in [-0.15, -0.1) is 10.2 Å². The number of para-hydroxylation sites is 1. The summed E-state index contributed by atoms with van der Waals surface area (Å²) in [6.45, 7) is 2.44. The number of benzene rings is 2. The van der Waals surface area contributed by atoms with Crippen LogP contribution in [0.4, 0.5) is 5.69 Å². The number of nitrogens with zero attached hydrogens (tertiary/aromatic N) is 4. The summed E-state index contributed by atoms with van der Waals surface area (Å²) in [4.78, 5) is 24.4. The van der Waals surface area contributed by atoms with E-state index in [2.05, 4.69) is 20.4 Å². The average Bonchev–Trinajstić information content (AvgIpc) is 2.97. The molecule has 2 aromatic carbocycles. The summed E-state index contributed by atoms with van der Waals surface area (Å²) in [5.41, 5.74) is 0.622. The maximum Gasteiger partial charge on any atom is 0.316 e. The molecule has 134 valence electrons. The van der Waals surface area contributed by atoms with Crippen LogP contribution in [0.3, 0.4) is 0 Å². The fourth-order valence-electron chi connectivity index (χ4n) is 3.11. The summed E-state index contributed by atoms with van der Waals surface area (Å²) in [5.74, 6) is -0.773.